The Hall–Kier alpha value is -2.97. The summed E-state index contributed by atoms with van der Waals surface area (Å²) in [5.74, 6) is 1.63. The van der Waals surface area contributed by atoms with Gasteiger partial charge < -0.3 is 20.1 Å². The quantitative estimate of drug-likeness (QED) is 0.436. The molecule has 4 heterocycles. The Morgan fingerprint density at radius 1 is 1.00 bits per heavy atom. The minimum atomic E-state index is 0.498. The average Bonchev–Trinajstić information content (AvgIpc) is 3.65. The van der Waals surface area contributed by atoms with Crippen LogP contribution in [0.1, 0.15) is 37.3 Å². The highest BCUT2D eigenvalue weighted by Gasteiger charge is 2.23. The normalized spacial score (nSPS) is 17.2. The van der Waals surface area contributed by atoms with Gasteiger partial charge in [-0.05, 0) is 46.4 Å². The Balaban J connectivity index is 1.29. The Morgan fingerprint density at radius 3 is 2.58 bits per heavy atom. The van der Waals surface area contributed by atoms with Gasteiger partial charge in [-0.15, -0.1) is 0 Å². The summed E-state index contributed by atoms with van der Waals surface area (Å²) >= 11 is 1.73. The molecule has 2 fully saturated rings. The third-order valence-electron chi connectivity index (χ3n) is 6.80. The van der Waals surface area contributed by atoms with Gasteiger partial charge in [-0.25, -0.2) is 4.98 Å². The second-order valence-electron chi connectivity index (χ2n) is 8.93. The molecule has 170 valence electrons. The maximum atomic E-state index is 5.01. The number of hydrogen-bond donors (Lipinski definition) is 2. The van der Waals surface area contributed by atoms with Crippen LogP contribution in [0.5, 0.6) is 0 Å². The van der Waals surface area contributed by atoms with Crippen molar-refractivity contribution >= 4 is 34.3 Å². The molecule has 0 radical (unpaired) electrons. The predicted octanol–water partition coefficient (Wildman–Crippen LogP) is 4.69. The SMILES string of the molecule is c1cc(-c2ccc(CNc3nc(N4CCNCC4)nc4c3ncn4C3CCCC3)cc2)cs1. The van der Waals surface area contributed by atoms with E-state index in [-0.39, 0.29) is 0 Å². The van der Waals surface area contributed by atoms with Crippen molar-refractivity contribution in [3.05, 3.63) is 53.0 Å². The lowest BCUT2D eigenvalue weighted by Crippen LogP contribution is -2.44. The first-order valence-corrected chi connectivity index (χ1v) is 12.8. The fourth-order valence-electron chi connectivity index (χ4n) is 4.91. The van der Waals surface area contributed by atoms with Gasteiger partial charge in [0.05, 0.1) is 6.33 Å². The van der Waals surface area contributed by atoms with Crippen molar-refractivity contribution in [2.24, 2.45) is 0 Å². The molecule has 0 unspecified atom stereocenters. The van der Waals surface area contributed by atoms with E-state index >= 15 is 0 Å². The van der Waals surface area contributed by atoms with E-state index in [9.17, 15) is 0 Å². The molecule has 8 heteroatoms. The largest absolute Gasteiger partial charge is 0.364 e. The van der Waals surface area contributed by atoms with Gasteiger partial charge in [0.2, 0.25) is 5.95 Å². The van der Waals surface area contributed by atoms with Crippen LogP contribution in [0.3, 0.4) is 0 Å². The van der Waals surface area contributed by atoms with Crippen molar-refractivity contribution in [2.75, 3.05) is 36.4 Å². The maximum Gasteiger partial charge on any atom is 0.229 e. The Morgan fingerprint density at radius 2 is 1.82 bits per heavy atom. The summed E-state index contributed by atoms with van der Waals surface area (Å²) in [4.78, 5) is 17.0. The van der Waals surface area contributed by atoms with Gasteiger partial charge in [0.1, 0.15) is 0 Å². The van der Waals surface area contributed by atoms with Crippen molar-refractivity contribution in [1.29, 1.82) is 0 Å². The zero-order valence-corrected chi connectivity index (χ0v) is 19.5. The smallest absolute Gasteiger partial charge is 0.229 e. The third-order valence-corrected chi connectivity index (χ3v) is 7.48. The molecule has 3 aromatic heterocycles. The van der Waals surface area contributed by atoms with Crippen molar-refractivity contribution in [3.63, 3.8) is 0 Å². The minimum Gasteiger partial charge on any atom is -0.364 e. The molecule has 0 amide bonds. The highest BCUT2D eigenvalue weighted by molar-refractivity contribution is 7.08. The number of benzene rings is 1. The van der Waals surface area contributed by atoms with Crippen molar-refractivity contribution in [1.82, 2.24) is 24.8 Å². The molecule has 0 spiro atoms. The maximum absolute atomic E-state index is 5.01. The first kappa shape index (κ1) is 20.6. The molecule has 1 saturated carbocycles. The van der Waals surface area contributed by atoms with Crippen LogP contribution in [-0.2, 0) is 6.54 Å². The number of imidazole rings is 1. The van der Waals surface area contributed by atoms with E-state index in [1.165, 1.54) is 42.4 Å². The van der Waals surface area contributed by atoms with Gasteiger partial charge in [-0.1, -0.05) is 37.1 Å². The van der Waals surface area contributed by atoms with Crippen LogP contribution in [0.15, 0.2) is 47.4 Å². The number of aromatic nitrogens is 4. The molecule has 7 nitrogen and oxygen atoms in total. The lowest BCUT2D eigenvalue weighted by molar-refractivity contribution is 0.528. The number of fused-ring (bicyclic) bond motifs is 1. The van der Waals surface area contributed by atoms with E-state index in [0.717, 1.165) is 49.1 Å². The summed E-state index contributed by atoms with van der Waals surface area (Å²) in [6.07, 6.45) is 6.95. The summed E-state index contributed by atoms with van der Waals surface area (Å²) in [5, 5.41) is 11.3. The van der Waals surface area contributed by atoms with Gasteiger partial charge >= 0.3 is 0 Å². The van der Waals surface area contributed by atoms with E-state index in [4.69, 9.17) is 15.0 Å². The summed E-state index contributed by atoms with van der Waals surface area (Å²) in [6.45, 7) is 4.47. The molecule has 1 aliphatic heterocycles. The minimum absolute atomic E-state index is 0.498. The second-order valence-corrected chi connectivity index (χ2v) is 9.71. The third kappa shape index (κ3) is 4.20. The number of nitrogens with zero attached hydrogens (tertiary/aromatic N) is 5. The van der Waals surface area contributed by atoms with Gasteiger partial charge in [0.25, 0.3) is 0 Å². The fourth-order valence-corrected chi connectivity index (χ4v) is 5.58. The molecule has 33 heavy (non-hydrogen) atoms. The summed E-state index contributed by atoms with van der Waals surface area (Å²) < 4.78 is 2.29. The van der Waals surface area contributed by atoms with Crippen molar-refractivity contribution in [2.45, 2.75) is 38.3 Å². The number of anilines is 2. The topological polar surface area (TPSA) is 70.9 Å². The van der Waals surface area contributed by atoms with E-state index < -0.39 is 0 Å². The molecule has 0 atom stereocenters. The van der Waals surface area contributed by atoms with Gasteiger partial charge in [-0.2, -0.15) is 21.3 Å². The molecule has 1 saturated heterocycles. The van der Waals surface area contributed by atoms with Gasteiger partial charge in [-0.3, -0.25) is 0 Å². The highest BCUT2D eigenvalue weighted by atomic mass is 32.1. The molecule has 2 N–H and O–H groups in total. The summed E-state index contributed by atoms with van der Waals surface area (Å²) in [5.41, 5.74) is 5.58. The van der Waals surface area contributed by atoms with Crippen LogP contribution in [-0.4, -0.2) is 45.7 Å². The Labute approximate surface area is 197 Å². The first-order chi connectivity index (χ1) is 16.3. The van der Waals surface area contributed by atoms with Gasteiger partial charge in [0.15, 0.2) is 17.0 Å². The molecule has 4 aromatic rings. The lowest BCUT2D eigenvalue weighted by Gasteiger charge is -2.27. The van der Waals surface area contributed by atoms with Crippen LogP contribution in [0.25, 0.3) is 22.3 Å². The first-order valence-electron chi connectivity index (χ1n) is 11.9. The molecule has 6 rings (SSSR count). The number of piperazine rings is 1. The fraction of sp³-hybridized carbons (Fsp3) is 0.400. The number of hydrogen-bond acceptors (Lipinski definition) is 7. The number of thiophene rings is 1. The zero-order valence-electron chi connectivity index (χ0n) is 18.7. The molecule has 1 aliphatic carbocycles. The van der Waals surface area contributed by atoms with Crippen molar-refractivity contribution in [3.8, 4) is 11.1 Å². The molecule has 1 aromatic carbocycles. The van der Waals surface area contributed by atoms with Gasteiger partial charge in [0, 0.05) is 38.8 Å². The average molecular weight is 460 g/mol. The monoisotopic (exact) mass is 459 g/mol. The van der Waals surface area contributed by atoms with E-state index in [1.807, 2.05) is 6.33 Å². The van der Waals surface area contributed by atoms with Crippen LogP contribution < -0.4 is 15.5 Å². The van der Waals surface area contributed by atoms with E-state index in [2.05, 4.69) is 61.2 Å². The van der Waals surface area contributed by atoms with Crippen LogP contribution >= 0.6 is 11.3 Å². The molecular formula is C25H29N7S. The molecule has 2 aliphatic rings. The van der Waals surface area contributed by atoms with Crippen LogP contribution in [0.4, 0.5) is 11.8 Å². The van der Waals surface area contributed by atoms with Crippen molar-refractivity contribution < 1.29 is 0 Å². The number of rotatable bonds is 6. The standard InChI is InChI=1S/C25H29N7S/c1-2-4-21(3-1)32-17-28-22-23(29-25(30-24(22)32)31-12-10-26-11-13-31)27-15-18-5-7-19(8-6-18)20-9-14-33-16-20/h5-9,14,16-17,21,26H,1-4,10-13,15H2,(H,27,29,30). The summed E-state index contributed by atoms with van der Waals surface area (Å²) in [7, 11) is 0. The highest BCUT2D eigenvalue weighted by Crippen LogP contribution is 2.33. The molecular weight excluding hydrogens is 430 g/mol. The zero-order chi connectivity index (χ0) is 22.0. The second kappa shape index (κ2) is 9.11. The van der Waals surface area contributed by atoms with E-state index in [0.29, 0.717) is 12.6 Å². The molecule has 0 bridgehead atoms. The predicted molar refractivity (Wildman–Crippen MR) is 135 cm³/mol. The summed E-state index contributed by atoms with van der Waals surface area (Å²) in [6, 6.07) is 11.4. The number of nitrogens with one attached hydrogen (secondary N) is 2. The Kier molecular flexibility index (Phi) is 5.69. The van der Waals surface area contributed by atoms with E-state index in [1.54, 1.807) is 11.3 Å². The van der Waals surface area contributed by atoms with Crippen LogP contribution in [0, 0.1) is 0 Å². The lowest BCUT2D eigenvalue weighted by atomic mass is 10.1. The Bertz CT molecular complexity index is 1200. The van der Waals surface area contributed by atoms with Crippen LogP contribution in [0.2, 0.25) is 0 Å².